The Bertz CT molecular complexity index is 620. The van der Waals surface area contributed by atoms with Crippen molar-refractivity contribution in [2.45, 2.75) is 6.42 Å². The molecule has 0 saturated carbocycles. The zero-order valence-electron chi connectivity index (χ0n) is 9.90. The fourth-order valence-electron chi connectivity index (χ4n) is 2.20. The molecule has 92 valence electrons. The molecular weight excluding hydrogens is 250 g/mol. The average Bonchev–Trinajstić information content (AvgIpc) is 2.79. The van der Waals surface area contributed by atoms with E-state index in [0.29, 0.717) is 5.15 Å². The molecule has 5 heteroatoms. The van der Waals surface area contributed by atoms with E-state index < -0.39 is 0 Å². The molecule has 1 N–H and O–H groups in total. The summed E-state index contributed by atoms with van der Waals surface area (Å²) in [5.74, 6) is 0.0684. The summed E-state index contributed by atoms with van der Waals surface area (Å²) < 4.78 is 0. The van der Waals surface area contributed by atoms with E-state index in [1.54, 1.807) is 17.2 Å². The lowest BCUT2D eigenvalue weighted by molar-refractivity contribution is 0.0780. The number of pyridine rings is 1. The van der Waals surface area contributed by atoms with Crippen molar-refractivity contribution < 1.29 is 4.79 Å². The maximum absolute atomic E-state index is 12.0. The third kappa shape index (κ3) is 1.78. The topological polar surface area (TPSA) is 49.0 Å². The molecule has 0 aromatic carbocycles. The predicted octanol–water partition coefficient (Wildman–Crippen LogP) is 2.36. The lowest BCUT2D eigenvalue weighted by atomic mass is 10.1. The van der Waals surface area contributed by atoms with Gasteiger partial charge in [-0.15, -0.1) is 0 Å². The van der Waals surface area contributed by atoms with E-state index in [4.69, 9.17) is 11.6 Å². The minimum Gasteiger partial charge on any atom is -0.358 e. The number of aromatic amines is 1. The van der Waals surface area contributed by atoms with Crippen LogP contribution in [0.5, 0.6) is 0 Å². The Morgan fingerprint density at radius 3 is 3.06 bits per heavy atom. The smallest absolute Gasteiger partial charge is 0.255 e. The van der Waals surface area contributed by atoms with Crippen LogP contribution in [0.3, 0.4) is 0 Å². The lowest BCUT2D eigenvalue weighted by Gasteiger charge is -2.21. The molecular formula is C13H12ClN3O. The van der Waals surface area contributed by atoms with Crippen molar-refractivity contribution in [2.75, 3.05) is 13.6 Å². The highest BCUT2D eigenvalue weighted by Crippen LogP contribution is 2.26. The van der Waals surface area contributed by atoms with Gasteiger partial charge in [-0.3, -0.25) is 4.79 Å². The minimum absolute atomic E-state index is 0.0684. The number of H-pyrrole nitrogens is 1. The number of hydrogen-bond donors (Lipinski definition) is 1. The molecule has 3 heterocycles. The van der Waals surface area contributed by atoms with Crippen molar-refractivity contribution in [2.24, 2.45) is 0 Å². The Morgan fingerprint density at radius 2 is 2.28 bits per heavy atom. The molecule has 0 spiro atoms. The van der Waals surface area contributed by atoms with Crippen molar-refractivity contribution in [1.82, 2.24) is 14.9 Å². The zero-order valence-corrected chi connectivity index (χ0v) is 10.7. The Balaban J connectivity index is 2.06. The fraction of sp³-hybridized carbons (Fsp3) is 0.231. The van der Waals surface area contributed by atoms with Gasteiger partial charge in [0.2, 0.25) is 0 Å². The van der Waals surface area contributed by atoms with Gasteiger partial charge in [-0.1, -0.05) is 11.6 Å². The molecule has 0 fully saturated rings. The molecule has 1 aliphatic heterocycles. The first-order valence-corrected chi connectivity index (χ1v) is 6.12. The van der Waals surface area contributed by atoms with Gasteiger partial charge < -0.3 is 9.88 Å². The second-order valence-corrected chi connectivity index (χ2v) is 4.81. The van der Waals surface area contributed by atoms with Crippen LogP contribution >= 0.6 is 11.6 Å². The zero-order chi connectivity index (χ0) is 12.7. The van der Waals surface area contributed by atoms with Gasteiger partial charge in [-0.2, -0.15) is 0 Å². The number of rotatable bonds is 1. The molecule has 0 saturated heterocycles. The Labute approximate surface area is 110 Å². The molecule has 4 nitrogen and oxygen atoms in total. The van der Waals surface area contributed by atoms with Gasteiger partial charge in [0.25, 0.3) is 5.91 Å². The number of halogens is 1. The summed E-state index contributed by atoms with van der Waals surface area (Å²) in [6, 6.07) is 5.55. The van der Waals surface area contributed by atoms with Crippen LogP contribution in [0.2, 0.25) is 5.15 Å². The van der Waals surface area contributed by atoms with E-state index in [-0.39, 0.29) is 5.91 Å². The second kappa shape index (κ2) is 4.14. The van der Waals surface area contributed by atoms with Gasteiger partial charge in [0.1, 0.15) is 5.15 Å². The quantitative estimate of drug-likeness (QED) is 0.801. The van der Waals surface area contributed by atoms with E-state index in [0.717, 1.165) is 35.5 Å². The summed E-state index contributed by atoms with van der Waals surface area (Å²) in [6.45, 7) is 0.753. The molecule has 0 bridgehead atoms. The molecule has 2 aromatic rings. The third-order valence-corrected chi connectivity index (χ3v) is 3.42. The molecule has 0 radical (unpaired) electrons. The van der Waals surface area contributed by atoms with Crippen molar-refractivity contribution in [3.8, 4) is 11.3 Å². The highest BCUT2D eigenvalue weighted by Gasteiger charge is 2.24. The van der Waals surface area contributed by atoms with E-state index in [1.165, 1.54) is 0 Å². The van der Waals surface area contributed by atoms with Gasteiger partial charge in [-0.05, 0) is 18.2 Å². The lowest BCUT2D eigenvalue weighted by Crippen LogP contribution is -2.33. The van der Waals surface area contributed by atoms with Crippen molar-refractivity contribution in [1.29, 1.82) is 0 Å². The van der Waals surface area contributed by atoms with Crippen LogP contribution in [0.25, 0.3) is 11.3 Å². The number of aromatic nitrogens is 2. The van der Waals surface area contributed by atoms with Crippen molar-refractivity contribution in [3.05, 3.63) is 40.8 Å². The highest BCUT2D eigenvalue weighted by molar-refractivity contribution is 6.29. The molecule has 2 aromatic heterocycles. The van der Waals surface area contributed by atoms with Crippen LogP contribution in [-0.4, -0.2) is 34.4 Å². The molecule has 0 atom stereocenters. The number of nitrogens with zero attached hydrogens (tertiary/aromatic N) is 2. The molecule has 0 aliphatic carbocycles. The Morgan fingerprint density at radius 1 is 1.44 bits per heavy atom. The normalized spacial score (nSPS) is 14.8. The van der Waals surface area contributed by atoms with E-state index >= 15 is 0 Å². The minimum atomic E-state index is 0.0684. The van der Waals surface area contributed by atoms with Crippen LogP contribution < -0.4 is 0 Å². The van der Waals surface area contributed by atoms with Gasteiger partial charge in [-0.25, -0.2) is 4.98 Å². The van der Waals surface area contributed by atoms with Crippen LogP contribution in [0.1, 0.15) is 16.1 Å². The van der Waals surface area contributed by atoms with E-state index in [1.807, 2.05) is 19.2 Å². The molecule has 0 unspecified atom stereocenters. The standard InChI is InChI=1S/C13H12ClN3O/c1-17-5-3-10-9(13(17)18)7-11(16-10)8-2-4-15-12(14)6-8/h2,4,6-7,16H,3,5H2,1H3. The second-order valence-electron chi connectivity index (χ2n) is 4.42. The van der Waals surface area contributed by atoms with Gasteiger partial charge >= 0.3 is 0 Å². The van der Waals surface area contributed by atoms with Crippen LogP contribution in [0.4, 0.5) is 0 Å². The number of carbonyl (C=O) groups excluding carboxylic acids is 1. The largest absolute Gasteiger partial charge is 0.358 e. The molecule has 18 heavy (non-hydrogen) atoms. The summed E-state index contributed by atoms with van der Waals surface area (Å²) in [6.07, 6.45) is 2.52. The first kappa shape index (κ1) is 11.3. The number of carbonyl (C=O) groups is 1. The average molecular weight is 262 g/mol. The molecule has 1 amide bonds. The maximum atomic E-state index is 12.0. The SMILES string of the molecule is CN1CCc2[nH]c(-c3ccnc(Cl)c3)cc2C1=O. The highest BCUT2D eigenvalue weighted by atomic mass is 35.5. The summed E-state index contributed by atoms with van der Waals surface area (Å²) in [5.41, 5.74) is 3.61. The van der Waals surface area contributed by atoms with Crippen molar-refractivity contribution >= 4 is 17.5 Å². The van der Waals surface area contributed by atoms with Gasteiger partial charge in [0.15, 0.2) is 0 Å². The summed E-state index contributed by atoms with van der Waals surface area (Å²) >= 11 is 5.87. The van der Waals surface area contributed by atoms with Crippen LogP contribution in [-0.2, 0) is 6.42 Å². The number of amides is 1. The number of hydrogen-bond acceptors (Lipinski definition) is 2. The summed E-state index contributed by atoms with van der Waals surface area (Å²) in [5, 5.41) is 0.448. The van der Waals surface area contributed by atoms with Crippen molar-refractivity contribution in [3.63, 3.8) is 0 Å². The van der Waals surface area contributed by atoms with E-state index in [2.05, 4.69) is 9.97 Å². The van der Waals surface area contributed by atoms with Gasteiger partial charge in [0, 0.05) is 43.2 Å². The fourth-order valence-corrected chi connectivity index (χ4v) is 2.37. The van der Waals surface area contributed by atoms with Crippen LogP contribution in [0.15, 0.2) is 24.4 Å². The number of likely N-dealkylation sites (N-methyl/N-ethyl adjacent to an activating group) is 1. The maximum Gasteiger partial charge on any atom is 0.255 e. The molecule has 1 aliphatic rings. The Hall–Kier alpha value is -1.81. The van der Waals surface area contributed by atoms with Gasteiger partial charge in [0.05, 0.1) is 5.56 Å². The number of fused-ring (bicyclic) bond motifs is 1. The van der Waals surface area contributed by atoms with Crippen LogP contribution in [0, 0.1) is 0 Å². The Kier molecular flexibility index (Phi) is 2.59. The first-order valence-electron chi connectivity index (χ1n) is 5.74. The van der Waals surface area contributed by atoms with E-state index in [9.17, 15) is 4.79 Å². The first-order chi connectivity index (χ1) is 8.65. The number of nitrogens with one attached hydrogen (secondary N) is 1. The summed E-state index contributed by atoms with van der Waals surface area (Å²) in [4.78, 5) is 21.0. The third-order valence-electron chi connectivity index (χ3n) is 3.21. The summed E-state index contributed by atoms with van der Waals surface area (Å²) in [7, 11) is 1.82. The monoisotopic (exact) mass is 261 g/mol. The predicted molar refractivity (Wildman–Crippen MR) is 69.7 cm³/mol. The molecule has 3 rings (SSSR count).